The van der Waals surface area contributed by atoms with Gasteiger partial charge in [-0.2, -0.15) is 10.2 Å². The molecule has 3 fully saturated rings. The number of likely N-dealkylation sites (N-methyl/N-ethyl adjacent to an activating group) is 4. The van der Waals surface area contributed by atoms with Gasteiger partial charge in [-0.3, -0.25) is 13.9 Å². The van der Waals surface area contributed by atoms with Crippen LogP contribution in [0.25, 0.3) is 0 Å². The predicted molar refractivity (Wildman–Crippen MR) is 167 cm³/mol. The molecule has 248 valence electrons. The number of nitrogens with zero attached hydrogens (tertiary/aromatic N) is 5. The Morgan fingerprint density at radius 3 is 2.16 bits per heavy atom. The molecule has 3 atom stereocenters. The van der Waals surface area contributed by atoms with E-state index < -0.39 is 24.6 Å². The Hall–Kier alpha value is -1.96. The molecule has 3 aliphatic rings. The fourth-order valence-corrected chi connectivity index (χ4v) is 7.22. The Labute approximate surface area is 261 Å². The maximum Gasteiger partial charge on any atom is 0.171 e. The summed E-state index contributed by atoms with van der Waals surface area (Å²) in [5.41, 5.74) is 3.77. The number of aromatic amines is 1. The molecule has 10 nitrogen and oxygen atoms in total. The topological polar surface area (TPSA) is 95.5 Å². The molecule has 2 saturated heterocycles. The zero-order valence-electron chi connectivity index (χ0n) is 27.2. The van der Waals surface area contributed by atoms with Gasteiger partial charge in [-0.1, -0.05) is 0 Å². The van der Waals surface area contributed by atoms with Gasteiger partial charge in [0.2, 0.25) is 0 Å². The molecule has 4 heterocycles. The first-order chi connectivity index (χ1) is 21.3. The molecule has 3 unspecified atom stereocenters. The van der Waals surface area contributed by atoms with Gasteiger partial charge in [0.1, 0.15) is 0 Å². The second-order valence-electron chi connectivity index (χ2n) is 13.6. The van der Waals surface area contributed by atoms with Crippen LogP contribution in [-0.4, -0.2) is 110 Å². The normalized spacial score (nSPS) is 26.0. The van der Waals surface area contributed by atoms with E-state index >= 15 is 0 Å². The molecule has 2 aromatic rings. The van der Waals surface area contributed by atoms with Crippen molar-refractivity contribution >= 4 is 0 Å². The Bertz CT molecular complexity index is 1150. The molecule has 5 rings (SSSR count). The second kappa shape index (κ2) is 15.1. The molecule has 12 heteroatoms. The van der Waals surface area contributed by atoms with Crippen LogP contribution in [-0.2, 0) is 22.6 Å². The standard InChI is InChI=1S/C32H54F2N8O2/c1-35-13-15-40(3)18-26-17-37-38-29(26)25-7-11-32(43-21-25)12-8-28(44-32)42-20-27(19-41(4)16-14-36-2)30(39-42)24-5-9-31(22-33,23-34)10-6-24/h17,20,24-25,28,35-36H,5-16,18-19,21-23H2,1-4H3,(H,37,38). The molecule has 0 aromatic carbocycles. The van der Waals surface area contributed by atoms with Gasteiger partial charge in [-0.05, 0) is 66.7 Å². The van der Waals surface area contributed by atoms with Crippen LogP contribution < -0.4 is 10.6 Å². The van der Waals surface area contributed by atoms with Crippen LogP contribution in [0.2, 0.25) is 0 Å². The third kappa shape index (κ3) is 7.70. The summed E-state index contributed by atoms with van der Waals surface area (Å²) in [5, 5.41) is 19.3. The average Bonchev–Trinajstić information content (AvgIpc) is 3.79. The SMILES string of the molecule is CNCCN(C)Cc1c[nH]nc1C1CCC2(CCC(n3cc(CN(C)CCNC)c(C4CCC(CF)(CF)CC4)n3)O2)OC1. The first-order valence-electron chi connectivity index (χ1n) is 16.5. The third-order valence-electron chi connectivity index (χ3n) is 10.2. The lowest BCUT2D eigenvalue weighted by atomic mass is 9.71. The molecule has 1 saturated carbocycles. The van der Waals surface area contributed by atoms with E-state index in [0.717, 1.165) is 89.2 Å². The largest absolute Gasteiger partial charge is 0.349 e. The van der Waals surface area contributed by atoms with E-state index in [0.29, 0.717) is 19.4 Å². The Morgan fingerprint density at radius 2 is 1.55 bits per heavy atom. The number of hydrogen-bond donors (Lipinski definition) is 3. The van der Waals surface area contributed by atoms with E-state index in [1.54, 1.807) is 0 Å². The highest BCUT2D eigenvalue weighted by Gasteiger charge is 2.46. The number of alkyl halides is 2. The first kappa shape index (κ1) is 33.4. The zero-order valence-corrected chi connectivity index (χ0v) is 27.2. The van der Waals surface area contributed by atoms with Crippen LogP contribution in [0.3, 0.4) is 0 Å². The summed E-state index contributed by atoms with van der Waals surface area (Å²) in [7, 11) is 8.19. The maximum absolute atomic E-state index is 13.7. The molecular weight excluding hydrogens is 566 g/mol. The van der Waals surface area contributed by atoms with Gasteiger partial charge in [0, 0.05) is 92.9 Å². The number of ether oxygens (including phenoxy) is 2. The molecule has 2 aromatic heterocycles. The van der Waals surface area contributed by atoms with Crippen LogP contribution in [0.15, 0.2) is 12.4 Å². The summed E-state index contributed by atoms with van der Waals surface area (Å²) in [5.74, 6) is -0.146. The van der Waals surface area contributed by atoms with Crippen molar-refractivity contribution in [3.8, 4) is 0 Å². The zero-order chi connectivity index (χ0) is 31.2. The van der Waals surface area contributed by atoms with Crippen molar-refractivity contribution in [3.63, 3.8) is 0 Å². The van der Waals surface area contributed by atoms with Gasteiger partial charge in [0.25, 0.3) is 0 Å². The van der Waals surface area contributed by atoms with E-state index in [4.69, 9.17) is 14.6 Å². The van der Waals surface area contributed by atoms with Gasteiger partial charge in [-0.15, -0.1) is 0 Å². The molecule has 0 amide bonds. The van der Waals surface area contributed by atoms with E-state index in [-0.39, 0.29) is 18.1 Å². The third-order valence-corrected chi connectivity index (χ3v) is 10.2. The summed E-state index contributed by atoms with van der Waals surface area (Å²) in [6.07, 6.45) is 10.1. The maximum atomic E-state index is 13.7. The minimum absolute atomic E-state index is 0.192. The number of aromatic nitrogens is 4. The van der Waals surface area contributed by atoms with Gasteiger partial charge >= 0.3 is 0 Å². The van der Waals surface area contributed by atoms with E-state index in [2.05, 4.69) is 50.9 Å². The molecule has 3 N–H and O–H groups in total. The minimum atomic E-state index is -0.806. The smallest absolute Gasteiger partial charge is 0.171 e. The minimum Gasteiger partial charge on any atom is -0.349 e. The van der Waals surface area contributed by atoms with Crippen molar-refractivity contribution in [3.05, 3.63) is 34.9 Å². The lowest BCUT2D eigenvalue weighted by Crippen LogP contribution is -2.39. The quantitative estimate of drug-likeness (QED) is 0.274. The average molecular weight is 621 g/mol. The number of rotatable bonds is 15. The summed E-state index contributed by atoms with van der Waals surface area (Å²) < 4.78 is 42.6. The Morgan fingerprint density at radius 1 is 0.909 bits per heavy atom. The first-order valence-corrected chi connectivity index (χ1v) is 16.5. The van der Waals surface area contributed by atoms with Crippen molar-refractivity contribution in [1.29, 1.82) is 0 Å². The number of hydrogen-bond acceptors (Lipinski definition) is 8. The Kier molecular flexibility index (Phi) is 11.5. The van der Waals surface area contributed by atoms with Gasteiger partial charge in [0.15, 0.2) is 12.0 Å². The molecule has 1 spiro atoms. The van der Waals surface area contributed by atoms with Crippen LogP contribution in [0.1, 0.15) is 91.9 Å². The molecule has 0 radical (unpaired) electrons. The fourth-order valence-electron chi connectivity index (χ4n) is 7.22. The van der Waals surface area contributed by atoms with Crippen molar-refractivity contribution in [2.24, 2.45) is 5.41 Å². The van der Waals surface area contributed by atoms with Crippen LogP contribution in [0.4, 0.5) is 8.78 Å². The summed E-state index contributed by atoms with van der Waals surface area (Å²) >= 11 is 0. The summed E-state index contributed by atoms with van der Waals surface area (Å²) in [6.45, 7) is 4.78. The highest BCUT2D eigenvalue weighted by atomic mass is 19.1. The van der Waals surface area contributed by atoms with Crippen molar-refractivity contribution < 1.29 is 18.3 Å². The number of nitrogens with one attached hydrogen (secondary N) is 3. The van der Waals surface area contributed by atoms with Crippen molar-refractivity contribution in [2.45, 2.75) is 88.3 Å². The van der Waals surface area contributed by atoms with Gasteiger partial charge in [-0.25, -0.2) is 4.68 Å². The summed E-state index contributed by atoms with van der Waals surface area (Å²) in [6, 6.07) is 0. The highest BCUT2D eigenvalue weighted by molar-refractivity contribution is 5.23. The van der Waals surface area contributed by atoms with Gasteiger partial charge in [0.05, 0.1) is 31.3 Å². The molecule has 44 heavy (non-hydrogen) atoms. The lowest BCUT2D eigenvalue weighted by Gasteiger charge is -2.37. The highest BCUT2D eigenvalue weighted by Crippen LogP contribution is 2.47. The monoisotopic (exact) mass is 620 g/mol. The molecule has 2 aliphatic heterocycles. The van der Waals surface area contributed by atoms with Crippen LogP contribution in [0.5, 0.6) is 0 Å². The van der Waals surface area contributed by atoms with Gasteiger partial charge < -0.3 is 29.9 Å². The number of H-pyrrole nitrogens is 1. The van der Waals surface area contributed by atoms with E-state index in [1.807, 2.05) is 25.0 Å². The Balaban J connectivity index is 1.24. The van der Waals surface area contributed by atoms with Crippen molar-refractivity contribution in [2.75, 3.05) is 74.3 Å². The van der Waals surface area contributed by atoms with Crippen LogP contribution >= 0.6 is 0 Å². The lowest BCUT2D eigenvalue weighted by molar-refractivity contribution is -0.260. The number of halogens is 2. The second-order valence-corrected chi connectivity index (χ2v) is 13.6. The van der Waals surface area contributed by atoms with E-state index in [1.165, 1.54) is 11.1 Å². The molecule has 1 aliphatic carbocycles. The van der Waals surface area contributed by atoms with E-state index in [9.17, 15) is 8.78 Å². The van der Waals surface area contributed by atoms with Crippen LogP contribution in [0, 0.1) is 5.41 Å². The van der Waals surface area contributed by atoms with Crippen molar-refractivity contribution in [1.82, 2.24) is 40.4 Å². The fraction of sp³-hybridized carbons (Fsp3) is 0.812. The molecule has 0 bridgehead atoms. The predicted octanol–water partition coefficient (Wildman–Crippen LogP) is 4.09. The summed E-state index contributed by atoms with van der Waals surface area (Å²) in [4.78, 5) is 4.60. The molecular formula is C32H54F2N8O2.